The van der Waals surface area contributed by atoms with E-state index in [1.807, 2.05) is 24.3 Å². The minimum absolute atomic E-state index is 0.249. The van der Waals surface area contributed by atoms with Gasteiger partial charge in [0, 0.05) is 5.75 Å². The van der Waals surface area contributed by atoms with E-state index >= 15 is 0 Å². The maximum absolute atomic E-state index is 13.0. The Morgan fingerprint density at radius 2 is 1.89 bits per heavy atom. The lowest BCUT2D eigenvalue weighted by atomic mass is 10.2. The van der Waals surface area contributed by atoms with Crippen LogP contribution in [0, 0.1) is 5.82 Å². The second-order valence-electron chi connectivity index (χ2n) is 5.78. The maximum atomic E-state index is 13.0. The van der Waals surface area contributed by atoms with E-state index < -0.39 is 0 Å². The molecule has 2 aromatic heterocycles. The van der Waals surface area contributed by atoms with Crippen LogP contribution in [-0.4, -0.2) is 26.9 Å². The summed E-state index contributed by atoms with van der Waals surface area (Å²) in [6.07, 6.45) is 1.50. The SMILES string of the molecule is COc1ccc(-n2ncc3c(=O)[nH]c(SCc4ccc(F)cc4)nc32)cc1. The van der Waals surface area contributed by atoms with E-state index in [1.165, 1.54) is 30.1 Å². The minimum atomic E-state index is -0.278. The van der Waals surface area contributed by atoms with Crippen LogP contribution in [0.3, 0.4) is 0 Å². The zero-order valence-corrected chi connectivity index (χ0v) is 15.2. The van der Waals surface area contributed by atoms with Crippen molar-refractivity contribution in [1.82, 2.24) is 19.7 Å². The highest BCUT2D eigenvalue weighted by molar-refractivity contribution is 7.98. The second kappa shape index (κ2) is 7.24. The molecule has 4 aromatic rings. The number of aromatic nitrogens is 4. The molecule has 0 saturated heterocycles. The van der Waals surface area contributed by atoms with Crippen molar-refractivity contribution in [3.8, 4) is 11.4 Å². The van der Waals surface area contributed by atoms with E-state index in [0.29, 0.717) is 21.9 Å². The third-order valence-corrected chi connectivity index (χ3v) is 4.97. The highest BCUT2D eigenvalue weighted by Crippen LogP contribution is 2.22. The molecule has 8 heteroatoms. The standard InChI is InChI=1S/C19H15FN4O2S/c1-26-15-8-6-14(7-9-15)24-17-16(10-21-24)18(25)23-19(22-17)27-11-12-2-4-13(20)5-3-12/h2-10H,11H2,1H3,(H,22,23,25). The van der Waals surface area contributed by atoms with Gasteiger partial charge in [-0.3, -0.25) is 4.79 Å². The number of rotatable bonds is 5. The molecular formula is C19H15FN4O2S. The number of aromatic amines is 1. The first-order chi connectivity index (χ1) is 13.1. The van der Waals surface area contributed by atoms with Crippen LogP contribution in [0.1, 0.15) is 5.56 Å². The first-order valence-electron chi connectivity index (χ1n) is 8.14. The van der Waals surface area contributed by atoms with Gasteiger partial charge in [-0.05, 0) is 42.0 Å². The quantitative estimate of drug-likeness (QED) is 0.422. The van der Waals surface area contributed by atoms with Gasteiger partial charge in [0.25, 0.3) is 5.56 Å². The Hall–Kier alpha value is -3.13. The molecule has 0 radical (unpaired) electrons. The minimum Gasteiger partial charge on any atom is -0.497 e. The Kier molecular flexibility index (Phi) is 4.64. The van der Waals surface area contributed by atoms with Crippen LogP contribution in [0.4, 0.5) is 4.39 Å². The zero-order chi connectivity index (χ0) is 18.8. The Morgan fingerprint density at radius 3 is 2.59 bits per heavy atom. The number of halogens is 1. The number of nitrogens with zero attached hydrogens (tertiary/aromatic N) is 3. The average molecular weight is 382 g/mol. The molecule has 0 aliphatic rings. The van der Waals surface area contributed by atoms with Gasteiger partial charge in [-0.1, -0.05) is 23.9 Å². The van der Waals surface area contributed by atoms with Crippen molar-refractivity contribution in [3.05, 3.63) is 76.5 Å². The molecule has 0 saturated carbocycles. The van der Waals surface area contributed by atoms with Crippen LogP contribution in [0.25, 0.3) is 16.7 Å². The Bertz CT molecular complexity index is 1140. The van der Waals surface area contributed by atoms with Gasteiger partial charge in [-0.2, -0.15) is 5.10 Å². The molecule has 1 N–H and O–H groups in total. The number of benzene rings is 2. The van der Waals surface area contributed by atoms with Crippen molar-refractivity contribution in [2.45, 2.75) is 10.9 Å². The molecule has 0 fully saturated rings. The normalized spacial score (nSPS) is 11.0. The largest absolute Gasteiger partial charge is 0.497 e. The monoisotopic (exact) mass is 382 g/mol. The molecule has 0 unspecified atom stereocenters. The van der Waals surface area contributed by atoms with Crippen molar-refractivity contribution in [3.63, 3.8) is 0 Å². The van der Waals surface area contributed by atoms with Crippen molar-refractivity contribution in [1.29, 1.82) is 0 Å². The Labute approximate surface area is 158 Å². The predicted octanol–water partition coefficient (Wildman–Crippen LogP) is 3.55. The third-order valence-electron chi connectivity index (χ3n) is 4.02. The number of hydrogen-bond acceptors (Lipinski definition) is 5. The van der Waals surface area contributed by atoms with Crippen molar-refractivity contribution >= 4 is 22.8 Å². The Morgan fingerprint density at radius 1 is 1.15 bits per heavy atom. The number of thioether (sulfide) groups is 1. The molecule has 136 valence electrons. The lowest BCUT2D eigenvalue weighted by Gasteiger charge is -2.06. The van der Waals surface area contributed by atoms with Gasteiger partial charge in [0.05, 0.1) is 19.0 Å². The summed E-state index contributed by atoms with van der Waals surface area (Å²) in [7, 11) is 1.60. The number of methoxy groups -OCH3 is 1. The lowest BCUT2D eigenvalue weighted by Crippen LogP contribution is -2.09. The number of H-pyrrole nitrogens is 1. The molecule has 0 aliphatic carbocycles. The van der Waals surface area contributed by atoms with E-state index in [1.54, 1.807) is 23.9 Å². The highest BCUT2D eigenvalue weighted by Gasteiger charge is 2.12. The summed E-state index contributed by atoms with van der Waals surface area (Å²) in [5.41, 5.74) is 1.94. The summed E-state index contributed by atoms with van der Waals surface area (Å²) in [6.45, 7) is 0. The number of fused-ring (bicyclic) bond motifs is 1. The summed E-state index contributed by atoms with van der Waals surface area (Å²) in [6, 6.07) is 13.6. The molecule has 0 atom stereocenters. The van der Waals surface area contributed by atoms with E-state index in [2.05, 4.69) is 15.1 Å². The molecule has 0 bridgehead atoms. The molecule has 2 heterocycles. The van der Waals surface area contributed by atoms with Crippen molar-refractivity contribution in [2.24, 2.45) is 0 Å². The number of nitrogens with one attached hydrogen (secondary N) is 1. The fraction of sp³-hybridized carbons (Fsp3) is 0.105. The van der Waals surface area contributed by atoms with Crippen LogP contribution >= 0.6 is 11.8 Å². The highest BCUT2D eigenvalue weighted by atomic mass is 32.2. The predicted molar refractivity (Wildman–Crippen MR) is 102 cm³/mol. The summed E-state index contributed by atoms with van der Waals surface area (Å²) in [5.74, 6) is 1.02. The van der Waals surface area contributed by atoms with Gasteiger partial charge in [-0.15, -0.1) is 0 Å². The summed E-state index contributed by atoms with van der Waals surface area (Å²) in [5, 5.41) is 5.19. The number of hydrogen-bond donors (Lipinski definition) is 1. The van der Waals surface area contributed by atoms with Gasteiger partial charge < -0.3 is 9.72 Å². The molecular weight excluding hydrogens is 367 g/mol. The average Bonchev–Trinajstić information content (AvgIpc) is 3.12. The van der Waals surface area contributed by atoms with E-state index in [4.69, 9.17) is 4.74 Å². The van der Waals surface area contributed by atoms with Crippen LogP contribution in [-0.2, 0) is 5.75 Å². The van der Waals surface area contributed by atoms with Crippen molar-refractivity contribution < 1.29 is 9.13 Å². The fourth-order valence-corrected chi connectivity index (χ4v) is 3.42. The van der Waals surface area contributed by atoms with Gasteiger partial charge in [-0.25, -0.2) is 14.1 Å². The Balaban J connectivity index is 1.66. The smallest absolute Gasteiger partial charge is 0.262 e. The maximum Gasteiger partial charge on any atom is 0.262 e. The molecule has 0 amide bonds. The van der Waals surface area contributed by atoms with E-state index in [9.17, 15) is 9.18 Å². The first-order valence-corrected chi connectivity index (χ1v) is 9.12. The molecule has 27 heavy (non-hydrogen) atoms. The van der Waals surface area contributed by atoms with Crippen LogP contribution in [0.5, 0.6) is 5.75 Å². The summed E-state index contributed by atoms with van der Waals surface area (Å²) in [4.78, 5) is 19.7. The van der Waals surface area contributed by atoms with E-state index in [-0.39, 0.29) is 11.4 Å². The zero-order valence-electron chi connectivity index (χ0n) is 14.3. The van der Waals surface area contributed by atoms with Gasteiger partial charge in [0.15, 0.2) is 10.8 Å². The summed E-state index contributed by atoms with van der Waals surface area (Å²) < 4.78 is 19.8. The van der Waals surface area contributed by atoms with E-state index in [0.717, 1.165) is 17.0 Å². The number of ether oxygens (including phenoxy) is 1. The van der Waals surface area contributed by atoms with Gasteiger partial charge in [0.1, 0.15) is 17.0 Å². The van der Waals surface area contributed by atoms with Crippen molar-refractivity contribution in [2.75, 3.05) is 7.11 Å². The molecule has 2 aromatic carbocycles. The van der Waals surface area contributed by atoms with Gasteiger partial charge in [0.2, 0.25) is 0 Å². The molecule has 0 aliphatic heterocycles. The van der Waals surface area contributed by atoms with Crippen LogP contribution in [0.15, 0.2) is 64.7 Å². The van der Waals surface area contributed by atoms with Gasteiger partial charge >= 0.3 is 0 Å². The van der Waals surface area contributed by atoms with Crippen LogP contribution < -0.4 is 10.3 Å². The fourth-order valence-electron chi connectivity index (χ4n) is 2.61. The molecule has 0 spiro atoms. The topological polar surface area (TPSA) is 72.8 Å². The summed E-state index contributed by atoms with van der Waals surface area (Å²) >= 11 is 1.37. The molecule has 6 nitrogen and oxygen atoms in total. The lowest BCUT2D eigenvalue weighted by molar-refractivity contribution is 0.414. The molecule has 4 rings (SSSR count). The second-order valence-corrected chi connectivity index (χ2v) is 6.74. The first kappa shape index (κ1) is 17.3. The third kappa shape index (κ3) is 3.56. The van der Waals surface area contributed by atoms with Crippen LogP contribution in [0.2, 0.25) is 0 Å².